The van der Waals surface area contributed by atoms with Crippen LogP contribution in [0.1, 0.15) is 31.1 Å². The number of carbonyl (C=O) groups is 1. The van der Waals surface area contributed by atoms with Crippen molar-refractivity contribution in [2.45, 2.75) is 31.2 Å². The third-order valence-corrected chi connectivity index (χ3v) is 6.00. The molecule has 1 amide bonds. The predicted molar refractivity (Wildman–Crippen MR) is 114 cm³/mol. The molecule has 1 heterocycles. The molecule has 0 aliphatic carbocycles. The number of aromatic nitrogens is 1. The molecule has 0 radical (unpaired) electrons. The highest BCUT2D eigenvalue weighted by Crippen LogP contribution is 2.20. The first-order chi connectivity index (χ1) is 13.5. The van der Waals surface area contributed by atoms with Crippen LogP contribution in [-0.2, 0) is 17.1 Å². The van der Waals surface area contributed by atoms with Gasteiger partial charge in [-0.05, 0) is 45.0 Å². The first-order valence-electron chi connectivity index (χ1n) is 9.02. The van der Waals surface area contributed by atoms with Gasteiger partial charge in [0, 0.05) is 29.7 Å². The average Bonchev–Trinajstić information content (AvgIpc) is 2.63. The molecular formula is C21H23N3O4S. The molecule has 2 N–H and O–H groups in total. The standard InChI is InChI=1S/C21H23N3O4S/c1-21(2,3)23-29(27,28)15-9-7-8-14(12-15)22-20(26)17-13-19(25)24(4)18-11-6-5-10-16(17)18/h5-13,23H,1-4H3,(H,22,26). The Morgan fingerprint density at radius 3 is 2.38 bits per heavy atom. The molecule has 0 saturated carbocycles. The lowest BCUT2D eigenvalue weighted by Crippen LogP contribution is -2.40. The molecule has 0 bridgehead atoms. The Bertz CT molecular complexity index is 1250. The van der Waals surface area contributed by atoms with Gasteiger partial charge in [0.2, 0.25) is 10.0 Å². The van der Waals surface area contributed by atoms with Crippen molar-refractivity contribution in [1.82, 2.24) is 9.29 Å². The van der Waals surface area contributed by atoms with Crippen LogP contribution >= 0.6 is 0 Å². The van der Waals surface area contributed by atoms with Gasteiger partial charge in [-0.15, -0.1) is 0 Å². The van der Waals surface area contributed by atoms with Crippen LogP contribution in [0.25, 0.3) is 10.9 Å². The zero-order valence-corrected chi connectivity index (χ0v) is 17.5. The largest absolute Gasteiger partial charge is 0.322 e. The first-order valence-corrected chi connectivity index (χ1v) is 10.5. The van der Waals surface area contributed by atoms with Crippen molar-refractivity contribution in [2.75, 3.05) is 5.32 Å². The van der Waals surface area contributed by atoms with E-state index in [9.17, 15) is 18.0 Å². The van der Waals surface area contributed by atoms with Crippen molar-refractivity contribution >= 4 is 32.5 Å². The first kappa shape index (κ1) is 20.8. The second-order valence-corrected chi connectivity index (χ2v) is 9.49. The molecule has 0 atom stereocenters. The number of carbonyl (C=O) groups excluding carboxylic acids is 1. The van der Waals surface area contributed by atoms with Gasteiger partial charge in [0.1, 0.15) is 0 Å². The van der Waals surface area contributed by atoms with E-state index >= 15 is 0 Å². The summed E-state index contributed by atoms with van der Waals surface area (Å²) < 4.78 is 29.1. The normalized spacial score (nSPS) is 12.1. The van der Waals surface area contributed by atoms with E-state index in [1.54, 1.807) is 64.2 Å². The molecule has 3 rings (SSSR count). The van der Waals surface area contributed by atoms with E-state index in [2.05, 4.69) is 10.0 Å². The van der Waals surface area contributed by atoms with Crippen LogP contribution in [0, 0.1) is 0 Å². The molecule has 7 nitrogen and oxygen atoms in total. The zero-order valence-electron chi connectivity index (χ0n) is 16.7. The molecule has 0 spiro atoms. The van der Waals surface area contributed by atoms with E-state index < -0.39 is 21.5 Å². The van der Waals surface area contributed by atoms with E-state index in [4.69, 9.17) is 0 Å². The molecule has 1 aromatic heterocycles. The summed E-state index contributed by atoms with van der Waals surface area (Å²) >= 11 is 0. The minimum atomic E-state index is -3.74. The van der Waals surface area contributed by atoms with Crippen molar-refractivity contribution in [3.05, 3.63) is 70.5 Å². The smallest absolute Gasteiger partial charge is 0.256 e. The van der Waals surface area contributed by atoms with Gasteiger partial charge in [-0.25, -0.2) is 13.1 Å². The Hall–Kier alpha value is -2.97. The number of fused-ring (bicyclic) bond motifs is 1. The highest BCUT2D eigenvalue weighted by atomic mass is 32.2. The predicted octanol–water partition coefficient (Wildman–Crippen LogP) is 2.87. The number of nitrogens with one attached hydrogen (secondary N) is 2. The van der Waals surface area contributed by atoms with Crippen molar-refractivity contribution < 1.29 is 13.2 Å². The summed E-state index contributed by atoms with van der Waals surface area (Å²) in [6, 6.07) is 14.4. The number of benzene rings is 2. The summed E-state index contributed by atoms with van der Waals surface area (Å²) in [6.07, 6.45) is 0. The SMILES string of the molecule is Cn1c(=O)cc(C(=O)Nc2cccc(S(=O)(=O)NC(C)(C)C)c2)c2ccccc21. The highest BCUT2D eigenvalue weighted by Gasteiger charge is 2.22. The second-order valence-electron chi connectivity index (χ2n) is 7.81. The topological polar surface area (TPSA) is 97.3 Å². The van der Waals surface area contributed by atoms with Gasteiger partial charge in [-0.2, -0.15) is 0 Å². The molecule has 0 saturated heterocycles. The van der Waals surface area contributed by atoms with Gasteiger partial charge in [0.15, 0.2) is 0 Å². The molecular weight excluding hydrogens is 390 g/mol. The molecule has 152 valence electrons. The summed E-state index contributed by atoms with van der Waals surface area (Å²) in [4.78, 5) is 25.1. The maximum absolute atomic E-state index is 12.9. The lowest BCUT2D eigenvalue weighted by molar-refractivity contribution is 0.102. The van der Waals surface area contributed by atoms with Crippen LogP contribution in [0.4, 0.5) is 5.69 Å². The Morgan fingerprint density at radius 1 is 1.00 bits per heavy atom. The summed E-state index contributed by atoms with van der Waals surface area (Å²) in [6.45, 7) is 5.24. The molecule has 29 heavy (non-hydrogen) atoms. The number of para-hydroxylation sites is 1. The zero-order chi connectivity index (χ0) is 21.4. The van der Waals surface area contributed by atoms with E-state index in [-0.39, 0.29) is 16.0 Å². The van der Waals surface area contributed by atoms with Gasteiger partial charge in [-0.1, -0.05) is 24.3 Å². The molecule has 8 heteroatoms. The van der Waals surface area contributed by atoms with Crippen LogP contribution in [-0.4, -0.2) is 24.4 Å². The number of anilines is 1. The highest BCUT2D eigenvalue weighted by molar-refractivity contribution is 7.89. The Labute approximate surface area is 169 Å². The maximum Gasteiger partial charge on any atom is 0.256 e. The molecule has 0 unspecified atom stereocenters. The van der Waals surface area contributed by atoms with Gasteiger partial charge in [0.25, 0.3) is 11.5 Å². The lowest BCUT2D eigenvalue weighted by Gasteiger charge is -2.20. The molecule has 0 aliphatic heterocycles. The van der Waals surface area contributed by atoms with Crippen molar-refractivity contribution in [3.8, 4) is 0 Å². The van der Waals surface area contributed by atoms with Gasteiger partial charge < -0.3 is 9.88 Å². The Kier molecular flexibility index (Phi) is 5.34. The van der Waals surface area contributed by atoms with E-state index in [0.717, 1.165) is 0 Å². The molecule has 0 aliphatic rings. The minimum Gasteiger partial charge on any atom is -0.322 e. The van der Waals surface area contributed by atoms with Crippen molar-refractivity contribution in [1.29, 1.82) is 0 Å². The maximum atomic E-state index is 12.9. The average molecular weight is 413 g/mol. The fourth-order valence-electron chi connectivity index (χ4n) is 3.00. The summed E-state index contributed by atoms with van der Waals surface area (Å²) in [5.41, 5.74) is 0.234. The summed E-state index contributed by atoms with van der Waals surface area (Å²) in [5.74, 6) is -0.489. The van der Waals surface area contributed by atoms with Crippen molar-refractivity contribution in [3.63, 3.8) is 0 Å². The minimum absolute atomic E-state index is 0.0408. The van der Waals surface area contributed by atoms with Crippen LogP contribution < -0.4 is 15.6 Å². The lowest BCUT2D eigenvalue weighted by atomic mass is 10.1. The number of amides is 1. The second kappa shape index (κ2) is 7.46. The van der Waals surface area contributed by atoms with Crippen LogP contribution in [0.3, 0.4) is 0 Å². The number of sulfonamides is 1. The van der Waals surface area contributed by atoms with Crippen LogP contribution in [0.2, 0.25) is 0 Å². The van der Waals surface area contributed by atoms with Crippen LogP contribution in [0.15, 0.2) is 64.3 Å². The third kappa shape index (κ3) is 4.55. The Balaban J connectivity index is 1.96. The monoisotopic (exact) mass is 413 g/mol. The van der Waals surface area contributed by atoms with Gasteiger partial charge >= 0.3 is 0 Å². The Morgan fingerprint density at radius 2 is 1.69 bits per heavy atom. The fourth-order valence-corrected chi connectivity index (χ4v) is 4.46. The number of hydrogen-bond donors (Lipinski definition) is 2. The van der Waals surface area contributed by atoms with Gasteiger partial charge in [0.05, 0.1) is 16.0 Å². The quantitative estimate of drug-likeness (QED) is 0.687. The van der Waals surface area contributed by atoms with Crippen molar-refractivity contribution in [2.24, 2.45) is 7.05 Å². The van der Waals surface area contributed by atoms with E-state index in [0.29, 0.717) is 16.6 Å². The van der Waals surface area contributed by atoms with E-state index in [1.165, 1.54) is 22.8 Å². The molecule has 2 aromatic carbocycles. The number of nitrogens with zero attached hydrogens (tertiary/aromatic N) is 1. The number of hydrogen-bond acceptors (Lipinski definition) is 4. The molecule has 0 fully saturated rings. The number of pyridine rings is 1. The molecule has 3 aromatic rings. The number of rotatable bonds is 4. The fraction of sp³-hybridized carbons (Fsp3) is 0.238. The van der Waals surface area contributed by atoms with E-state index in [1.807, 2.05) is 0 Å². The van der Waals surface area contributed by atoms with Crippen LogP contribution in [0.5, 0.6) is 0 Å². The third-order valence-electron chi connectivity index (χ3n) is 4.24. The van der Waals surface area contributed by atoms with Gasteiger partial charge in [-0.3, -0.25) is 9.59 Å². The summed E-state index contributed by atoms with van der Waals surface area (Å²) in [5, 5.41) is 3.32. The number of aryl methyl sites for hydroxylation is 1. The summed E-state index contributed by atoms with van der Waals surface area (Å²) in [7, 11) is -2.10.